The molecule has 1 aromatic heterocycles. The topological polar surface area (TPSA) is 52.7 Å². The molecule has 5 nitrogen and oxygen atoms in total. The standard InChI is InChI=1S/C29H37N3O2S/c1-6-22(4)32(29(34)30-26-15-13-25(14-16-26)21(2)3)20-28(33)31(18-24-10-8-7-9-11-24)19-27-17-12-23(5)35-27/h7-17,21-22H,6,18-20H2,1-5H3,(H,30,34). The van der Waals surface area contributed by atoms with E-state index >= 15 is 0 Å². The normalized spacial score (nSPS) is 11.8. The number of rotatable bonds is 10. The Labute approximate surface area is 213 Å². The fourth-order valence-electron chi connectivity index (χ4n) is 3.83. The molecule has 0 radical (unpaired) electrons. The minimum atomic E-state index is -0.253. The molecule has 1 atom stereocenters. The average Bonchev–Trinajstić information content (AvgIpc) is 3.26. The Morgan fingerprint density at radius 2 is 1.60 bits per heavy atom. The third-order valence-electron chi connectivity index (χ3n) is 6.23. The molecule has 3 rings (SSSR count). The van der Waals surface area contributed by atoms with E-state index in [1.807, 2.05) is 73.3 Å². The van der Waals surface area contributed by atoms with E-state index in [2.05, 4.69) is 38.2 Å². The van der Waals surface area contributed by atoms with Gasteiger partial charge in [0.05, 0.1) is 6.54 Å². The molecule has 3 aromatic rings. The van der Waals surface area contributed by atoms with Crippen molar-refractivity contribution in [2.24, 2.45) is 0 Å². The number of thiophene rings is 1. The molecule has 2 aromatic carbocycles. The highest BCUT2D eigenvalue weighted by molar-refractivity contribution is 7.11. The molecule has 3 amide bonds. The summed E-state index contributed by atoms with van der Waals surface area (Å²) >= 11 is 1.70. The number of urea groups is 1. The highest BCUT2D eigenvalue weighted by Gasteiger charge is 2.25. The van der Waals surface area contributed by atoms with Crippen LogP contribution in [-0.4, -0.2) is 34.3 Å². The van der Waals surface area contributed by atoms with Crippen molar-refractivity contribution < 1.29 is 9.59 Å². The molecule has 35 heavy (non-hydrogen) atoms. The molecule has 0 aliphatic heterocycles. The lowest BCUT2D eigenvalue weighted by Crippen LogP contribution is -2.47. The van der Waals surface area contributed by atoms with Crippen LogP contribution in [0, 0.1) is 6.92 Å². The first-order chi connectivity index (χ1) is 16.8. The van der Waals surface area contributed by atoms with Crippen molar-refractivity contribution in [2.45, 2.75) is 66.1 Å². The van der Waals surface area contributed by atoms with Crippen LogP contribution >= 0.6 is 11.3 Å². The number of hydrogen-bond donors (Lipinski definition) is 1. The summed E-state index contributed by atoms with van der Waals surface area (Å²) in [5.74, 6) is 0.363. The van der Waals surface area contributed by atoms with Crippen molar-refractivity contribution in [3.63, 3.8) is 0 Å². The molecular formula is C29H37N3O2S. The maximum Gasteiger partial charge on any atom is 0.322 e. The van der Waals surface area contributed by atoms with Crippen molar-refractivity contribution >= 4 is 29.0 Å². The predicted molar refractivity (Wildman–Crippen MR) is 146 cm³/mol. The highest BCUT2D eigenvalue weighted by atomic mass is 32.1. The van der Waals surface area contributed by atoms with E-state index in [1.54, 1.807) is 16.2 Å². The third kappa shape index (κ3) is 7.69. The number of hydrogen-bond acceptors (Lipinski definition) is 3. The number of benzene rings is 2. The summed E-state index contributed by atoms with van der Waals surface area (Å²) in [5, 5.41) is 2.99. The summed E-state index contributed by atoms with van der Waals surface area (Å²) in [4.78, 5) is 32.7. The van der Waals surface area contributed by atoms with Crippen LogP contribution in [-0.2, 0) is 17.9 Å². The summed E-state index contributed by atoms with van der Waals surface area (Å²) in [6.45, 7) is 11.4. The monoisotopic (exact) mass is 491 g/mol. The van der Waals surface area contributed by atoms with Crippen molar-refractivity contribution in [2.75, 3.05) is 11.9 Å². The molecule has 1 unspecified atom stereocenters. The molecule has 0 fully saturated rings. The molecule has 0 saturated carbocycles. The molecule has 0 bridgehead atoms. The number of nitrogens with zero attached hydrogens (tertiary/aromatic N) is 2. The van der Waals surface area contributed by atoms with E-state index in [0.717, 1.165) is 22.5 Å². The Hall–Kier alpha value is -3.12. The van der Waals surface area contributed by atoms with Gasteiger partial charge in [-0.3, -0.25) is 4.79 Å². The van der Waals surface area contributed by atoms with Gasteiger partial charge in [0.1, 0.15) is 6.54 Å². The first kappa shape index (κ1) is 26.5. The summed E-state index contributed by atoms with van der Waals surface area (Å²) in [7, 11) is 0. The Balaban J connectivity index is 1.76. The van der Waals surface area contributed by atoms with Gasteiger partial charge in [-0.1, -0.05) is 63.2 Å². The molecule has 6 heteroatoms. The lowest BCUT2D eigenvalue weighted by molar-refractivity contribution is -0.133. The summed E-state index contributed by atoms with van der Waals surface area (Å²) < 4.78 is 0. The number of amides is 3. The van der Waals surface area contributed by atoms with Crippen LogP contribution in [0.2, 0.25) is 0 Å². The summed E-state index contributed by atoms with van der Waals surface area (Å²) in [6, 6.07) is 21.7. The molecule has 186 valence electrons. The van der Waals surface area contributed by atoms with Gasteiger partial charge in [0.25, 0.3) is 0 Å². The summed E-state index contributed by atoms with van der Waals surface area (Å²) in [6.07, 6.45) is 0.760. The van der Waals surface area contributed by atoms with Crippen LogP contribution in [0.5, 0.6) is 0 Å². The first-order valence-electron chi connectivity index (χ1n) is 12.3. The van der Waals surface area contributed by atoms with Crippen LogP contribution in [0.25, 0.3) is 0 Å². The zero-order valence-corrected chi connectivity index (χ0v) is 22.3. The third-order valence-corrected chi connectivity index (χ3v) is 7.22. The van der Waals surface area contributed by atoms with Gasteiger partial charge in [0, 0.05) is 28.0 Å². The molecule has 1 N–H and O–H groups in total. The number of nitrogens with one attached hydrogen (secondary N) is 1. The molecule has 0 aliphatic rings. The van der Waals surface area contributed by atoms with E-state index in [4.69, 9.17) is 0 Å². The van der Waals surface area contributed by atoms with E-state index in [0.29, 0.717) is 19.0 Å². The second-order valence-corrected chi connectivity index (χ2v) is 10.7. The van der Waals surface area contributed by atoms with Crippen LogP contribution in [0.1, 0.15) is 60.9 Å². The molecule has 1 heterocycles. The van der Waals surface area contributed by atoms with Crippen molar-refractivity contribution in [3.05, 3.63) is 87.6 Å². The number of aryl methyl sites for hydroxylation is 1. The Bertz CT molecular complexity index is 1090. The van der Waals surface area contributed by atoms with Crippen LogP contribution in [0.15, 0.2) is 66.7 Å². The Kier molecular flexibility index (Phi) is 9.49. The fraction of sp³-hybridized carbons (Fsp3) is 0.379. The van der Waals surface area contributed by atoms with Gasteiger partial charge in [-0.25, -0.2) is 4.79 Å². The number of carbonyl (C=O) groups is 2. The first-order valence-corrected chi connectivity index (χ1v) is 13.1. The fourth-order valence-corrected chi connectivity index (χ4v) is 4.74. The number of carbonyl (C=O) groups excluding carboxylic acids is 2. The minimum absolute atomic E-state index is 0.0299. The SMILES string of the molecule is CCC(C)N(CC(=O)N(Cc1ccccc1)Cc1ccc(C)s1)C(=O)Nc1ccc(C(C)C)cc1. The van der Waals surface area contributed by atoms with Crippen LogP contribution in [0.4, 0.5) is 10.5 Å². The molecule has 0 spiro atoms. The lowest BCUT2D eigenvalue weighted by atomic mass is 10.0. The zero-order chi connectivity index (χ0) is 25.4. The van der Waals surface area contributed by atoms with Gasteiger partial charge in [-0.2, -0.15) is 0 Å². The van der Waals surface area contributed by atoms with Gasteiger partial charge in [-0.15, -0.1) is 11.3 Å². The predicted octanol–water partition coefficient (Wildman–Crippen LogP) is 7.04. The van der Waals surface area contributed by atoms with Gasteiger partial charge >= 0.3 is 6.03 Å². The maximum atomic E-state index is 13.6. The van der Waals surface area contributed by atoms with Crippen molar-refractivity contribution in [3.8, 4) is 0 Å². The smallest absolute Gasteiger partial charge is 0.322 e. The van der Waals surface area contributed by atoms with E-state index in [1.165, 1.54) is 10.4 Å². The molecule has 0 saturated heterocycles. The van der Waals surface area contributed by atoms with Gasteiger partial charge in [0.15, 0.2) is 0 Å². The van der Waals surface area contributed by atoms with Crippen LogP contribution < -0.4 is 5.32 Å². The average molecular weight is 492 g/mol. The lowest BCUT2D eigenvalue weighted by Gasteiger charge is -2.31. The van der Waals surface area contributed by atoms with Gasteiger partial charge in [0.2, 0.25) is 5.91 Å². The Morgan fingerprint density at radius 3 is 2.17 bits per heavy atom. The van der Waals surface area contributed by atoms with Gasteiger partial charge < -0.3 is 15.1 Å². The van der Waals surface area contributed by atoms with Crippen molar-refractivity contribution in [1.29, 1.82) is 0 Å². The zero-order valence-electron chi connectivity index (χ0n) is 21.5. The van der Waals surface area contributed by atoms with Crippen molar-refractivity contribution in [1.82, 2.24) is 9.80 Å². The van der Waals surface area contributed by atoms with E-state index in [9.17, 15) is 9.59 Å². The quantitative estimate of drug-likeness (QED) is 0.331. The minimum Gasteiger partial charge on any atom is -0.332 e. The second kappa shape index (κ2) is 12.5. The van der Waals surface area contributed by atoms with Gasteiger partial charge in [-0.05, 0) is 61.6 Å². The van der Waals surface area contributed by atoms with E-state index < -0.39 is 0 Å². The molecule has 0 aliphatic carbocycles. The van der Waals surface area contributed by atoms with Crippen LogP contribution in [0.3, 0.4) is 0 Å². The second-order valence-electron chi connectivity index (χ2n) is 9.34. The molecular weight excluding hydrogens is 454 g/mol. The summed E-state index contributed by atoms with van der Waals surface area (Å²) in [5.41, 5.74) is 3.02. The number of anilines is 1. The largest absolute Gasteiger partial charge is 0.332 e. The highest BCUT2D eigenvalue weighted by Crippen LogP contribution is 2.21. The van der Waals surface area contributed by atoms with E-state index in [-0.39, 0.29) is 24.5 Å². The maximum absolute atomic E-state index is 13.6. The Morgan fingerprint density at radius 1 is 0.914 bits per heavy atom.